The van der Waals surface area contributed by atoms with E-state index in [2.05, 4.69) is 5.43 Å². The zero-order chi connectivity index (χ0) is 9.31. The summed E-state index contributed by atoms with van der Waals surface area (Å²) in [5, 5.41) is 0. The van der Waals surface area contributed by atoms with Gasteiger partial charge in [-0.1, -0.05) is 19.3 Å². The Kier molecular flexibility index (Phi) is 2.28. The van der Waals surface area contributed by atoms with Gasteiger partial charge >= 0.3 is 0 Å². The molecule has 0 atom stereocenters. The molecular formula is C10H18N2O. The van der Waals surface area contributed by atoms with Crippen LogP contribution in [0.1, 0.15) is 44.9 Å². The highest BCUT2D eigenvalue weighted by molar-refractivity contribution is 5.83. The molecule has 3 N–H and O–H groups in total. The van der Waals surface area contributed by atoms with Crippen molar-refractivity contribution in [1.82, 2.24) is 5.43 Å². The first-order valence-electron chi connectivity index (χ1n) is 5.31. The summed E-state index contributed by atoms with van der Waals surface area (Å²) < 4.78 is 0. The average molecular weight is 182 g/mol. The van der Waals surface area contributed by atoms with Crippen LogP contribution < -0.4 is 11.3 Å². The SMILES string of the molecule is NNC(=O)C1(C2CCCC2)CCC1. The number of amides is 1. The first kappa shape index (κ1) is 9.00. The molecule has 3 heteroatoms. The smallest absolute Gasteiger partial charge is 0.240 e. The molecule has 0 aromatic heterocycles. The van der Waals surface area contributed by atoms with E-state index < -0.39 is 0 Å². The summed E-state index contributed by atoms with van der Waals surface area (Å²) in [5.74, 6) is 5.94. The maximum Gasteiger partial charge on any atom is 0.240 e. The molecule has 2 rings (SSSR count). The minimum Gasteiger partial charge on any atom is -0.294 e. The van der Waals surface area contributed by atoms with Crippen LogP contribution >= 0.6 is 0 Å². The molecule has 13 heavy (non-hydrogen) atoms. The van der Waals surface area contributed by atoms with Crippen molar-refractivity contribution in [2.24, 2.45) is 17.2 Å². The average Bonchev–Trinajstić information content (AvgIpc) is 2.55. The molecule has 0 aliphatic heterocycles. The van der Waals surface area contributed by atoms with Crippen LogP contribution in [-0.4, -0.2) is 5.91 Å². The van der Waals surface area contributed by atoms with Crippen molar-refractivity contribution in [3.63, 3.8) is 0 Å². The van der Waals surface area contributed by atoms with Gasteiger partial charge in [0, 0.05) is 0 Å². The summed E-state index contributed by atoms with van der Waals surface area (Å²) >= 11 is 0. The number of rotatable bonds is 2. The van der Waals surface area contributed by atoms with Crippen LogP contribution in [-0.2, 0) is 4.79 Å². The monoisotopic (exact) mass is 182 g/mol. The van der Waals surface area contributed by atoms with E-state index in [4.69, 9.17) is 5.84 Å². The molecule has 0 unspecified atom stereocenters. The van der Waals surface area contributed by atoms with Crippen LogP contribution in [0.2, 0.25) is 0 Å². The van der Waals surface area contributed by atoms with Gasteiger partial charge < -0.3 is 0 Å². The largest absolute Gasteiger partial charge is 0.294 e. The lowest BCUT2D eigenvalue weighted by Gasteiger charge is -2.44. The lowest BCUT2D eigenvalue weighted by Crippen LogP contribution is -2.51. The zero-order valence-corrected chi connectivity index (χ0v) is 8.01. The predicted molar refractivity (Wildman–Crippen MR) is 50.6 cm³/mol. The van der Waals surface area contributed by atoms with Crippen molar-refractivity contribution in [3.05, 3.63) is 0 Å². The van der Waals surface area contributed by atoms with E-state index in [1.165, 1.54) is 32.1 Å². The Labute approximate surface area is 79.0 Å². The van der Waals surface area contributed by atoms with Crippen molar-refractivity contribution < 1.29 is 4.79 Å². The maximum atomic E-state index is 11.7. The van der Waals surface area contributed by atoms with Crippen LogP contribution in [0.5, 0.6) is 0 Å². The van der Waals surface area contributed by atoms with Crippen LogP contribution in [0.15, 0.2) is 0 Å². The summed E-state index contributed by atoms with van der Waals surface area (Å²) in [6.07, 6.45) is 8.36. The Morgan fingerprint density at radius 1 is 1.23 bits per heavy atom. The number of nitrogens with two attached hydrogens (primary N) is 1. The second kappa shape index (κ2) is 3.29. The summed E-state index contributed by atoms with van der Waals surface area (Å²) in [6, 6.07) is 0. The fraction of sp³-hybridized carbons (Fsp3) is 0.900. The first-order valence-corrected chi connectivity index (χ1v) is 5.31. The first-order chi connectivity index (χ1) is 6.29. The maximum absolute atomic E-state index is 11.7. The summed E-state index contributed by atoms with van der Waals surface area (Å²) in [4.78, 5) is 11.7. The van der Waals surface area contributed by atoms with Gasteiger partial charge in [-0.05, 0) is 31.6 Å². The summed E-state index contributed by atoms with van der Waals surface area (Å²) in [7, 11) is 0. The highest BCUT2D eigenvalue weighted by Crippen LogP contribution is 2.52. The Morgan fingerprint density at radius 3 is 2.23 bits per heavy atom. The molecule has 0 saturated heterocycles. The molecule has 0 spiro atoms. The standard InChI is InChI=1S/C10H18N2O/c11-12-9(13)10(6-3-7-10)8-4-1-2-5-8/h8H,1-7,11H2,(H,12,13). The van der Waals surface area contributed by atoms with E-state index in [0.717, 1.165) is 12.8 Å². The molecule has 3 nitrogen and oxygen atoms in total. The molecule has 2 aliphatic carbocycles. The normalized spacial score (nSPS) is 26.8. The van der Waals surface area contributed by atoms with Crippen LogP contribution in [0.3, 0.4) is 0 Å². The molecule has 2 saturated carbocycles. The van der Waals surface area contributed by atoms with Gasteiger partial charge in [0.2, 0.25) is 5.91 Å². The number of carbonyl (C=O) groups is 1. The molecular weight excluding hydrogens is 164 g/mol. The minimum absolute atomic E-state index is 0.0642. The Morgan fingerprint density at radius 2 is 1.85 bits per heavy atom. The molecule has 1 amide bonds. The van der Waals surface area contributed by atoms with Gasteiger partial charge in [-0.15, -0.1) is 0 Å². The quantitative estimate of drug-likeness (QED) is 0.384. The van der Waals surface area contributed by atoms with E-state index in [-0.39, 0.29) is 11.3 Å². The van der Waals surface area contributed by atoms with Gasteiger partial charge in [-0.2, -0.15) is 0 Å². The van der Waals surface area contributed by atoms with Gasteiger partial charge in [0.15, 0.2) is 0 Å². The number of carbonyl (C=O) groups excluding carboxylic acids is 1. The van der Waals surface area contributed by atoms with Crippen LogP contribution in [0, 0.1) is 11.3 Å². The lowest BCUT2D eigenvalue weighted by molar-refractivity contribution is -0.140. The Balaban J connectivity index is 2.09. The van der Waals surface area contributed by atoms with Gasteiger partial charge in [0.25, 0.3) is 0 Å². The lowest BCUT2D eigenvalue weighted by atomic mass is 9.60. The molecule has 74 valence electrons. The highest BCUT2D eigenvalue weighted by Gasteiger charge is 2.50. The van der Waals surface area contributed by atoms with Crippen LogP contribution in [0.25, 0.3) is 0 Å². The van der Waals surface area contributed by atoms with E-state index in [9.17, 15) is 4.79 Å². The van der Waals surface area contributed by atoms with Crippen molar-refractivity contribution in [1.29, 1.82) is 0 Å². The highest BCUT2D eigenvalue weighted by atomic mass is 16.2. The molecule has 0 aromatic carbocycles. The van der Waals surface area contributed by atoms with E-state index in [1.807, 2.05) is 0 Å². The molecule has 0 aromatic rings. The van der Waals surface area contributed by atoms with Gasteiger partial charge in [0.05, 0.1) is 5.41 Å². The van der Waals surface area contributed by atoms with E-state index >= 15 is 0 Å². The minimum atomic E-state index is -0.0642. The van der Waals surface area contributed by atoms with Crippen molar-refractivity contribution in [2.45, 2.75) is 44.9 Å². The van der Waals surface area contributed by atoms with Gasteiger partial charge in [-0.3, -0.25) is 10.2 Å². The molecule has 0 bridgehead atoms. The van der Waals surface area contributed by atoms with E-state index in [1.54, 1.807) is 0 Å². The molecule has 0 radical (unpaired) electrons. The Hall–Kier alpha value is -0.570. The van der Waals surface area contributed by atoms with Gasteiger partial charge in [-0.25, -0.2) is 5.84 Å². The Bertz CT molecular complexity index is 205. The second-order valence-electron chi connectivity index (χ2n) is 4.46. The summed E-state index contributed by atoms with van der Waals surface area (Å²) in [6.45, 7) is 0. The molecule has 2 fully saturated rings. The number of hydrogen-bond acceptors (Lipinski definition) is 2. The zero-order valence-electron chi connectivity index (χ0n) is 8.01. The van der Waals surface area contributed by atoms with Gasteiger partial charge in [0.1, 0.15) is 0 Å². The van der Waals surface area contributed by atoms with E-state index in [0.29, 0.717) is 5.92 Å². The third-order valence-corrected chi connectivity index (χ3v) is 3.97. The summed E-state index contributed by atoms with van der Waals surface area (Å²) in [5.41, 5.74) is 2.28. The predicted octanol–water partition coefficient (Wildman–Crippen LogP) is 1.34. The number of hydrazine groups is 1. The topological polar surface area (TPSA) is 55.1 Å². The third kappa shape index (κ3) is 1.26. The van der Waals surface area contributed by atoms with Crippen LogP contribution in [0.4, 0.5) is 0 Å². The van der Waals surface area contributed by atoms with Crippen molar-refractivity contribution >= 4 is 5.91 Å². The fourth-order valence-corrected chi connectivity index (χ4v) is 3.00. The number of hydrogen-bond donors (Lipinski definition) is 2. The third-order valence-electron chi connectivity index (χ3n) is 3.97. The van der Waals surface area contributed by atoms with Crippen molar-refractivity contribution in [3.8, 4) is 0 Å². The van der Waals surface area contributed by atoms with Crippen molar-refractivity contribution in [2.75, 3.05) is 0 Å². The second-order valence-corrected chi connectivity index (χ2v) is 4.46. The molecule has 0 heterocycles. The molecule has 2 aliphatic rings. The fourth-order valence-electron chi connectivity index (χ4n) is 3.00. The number of nitrogens with one attached hydrogen (secondary N) is 1.